The maximum Gasteiger partial charge on any atom is 0.259 e. The second kappa shape index (κ2) is 8.76. The average molecular weight is 448 g/mol. The van der Waals surface area contributed by atoms with Gasteiger partial charge in [0.25, 0.3) is 5.56 Å². The number of hydrogen-bond donors (Lipinski definition) is 2. The van der Waals surface area contributed by atoms with Crippen molar-refractivity contribution in [2.45, 2.75) is 26.4 Å². The summed E-state index contributed by atoms with van der Waals surface area (Å²) in [6, 6.07) is 18.1. The summed E-state index contributed by atoms with van der Waals surface area (Å²) >= 11 is 1.54. The van der Waals surface area contributed by atoms with Crippen molar-refractivity contribution in [3.63, 3.8) is 0 Å². The molecule has 0 spiro atoms. The smallest absolute Gasteiger partial charge is 0.259 e. The Morgan fingerprint density at radius 1 is 1.06 bits per heavy atom. The van der Waals surface area contributed by atoms with Crippen LogP contribution in [0.3, 0.4) is 0 Å². The Kier molecular flexibility index (Phi) is 5.68. The second-order valence-electron chi connectivity index (χ2n) is 8.21. The summed E-state index contributed by atoms with van der Waals surface area (Å²) in [6.45, 7) is 5.93. The monoisotopic (exact) mass is 447 g/mol. The normalized spacial score (nSPS) is 14.1. The standard InChI is InChI=1S/C25H25N3O3S/c1-15(2)23(17-8-9-19-20(12-17)31-11-10-30-19)26-14-22-27-24(29)18-13-21(32-25(18)28-22)16-6-4-3-5-7-16/h3-9,12-13,15,23,26H,10-11,14H2,1-2H3,(H,27,28,29). The summed E-state index contributed by atoms with van der Waals surface area (Å²) < 4.78 is 11.4. The number of aromatic amines is 1. The molecule has 7 heteroatoms. The Hall–Kier alpha value is -3.16. The summed E-state index contributed by atoms with van der Waals surface area (Å²) in [6.07, 6.45) is 0. The van der Waals surface area contributed by atoms with Crippen molar-refractivity contribution in [3.8, 4) is 21.9 Å². The molecule has 2 N–H and O–H groups in total. The van der Waals surface area contributed by atoms with Gasteiger partial charge in [-0.3, -0.25) is 4.79 Å². The van der Waals surface area contributed by atoms with Gasteiger partial charge in [-0.25, -0.2) is 4.98 Å². The summed E-state index contributed by atoms with van der Waals surface area (Å²) in [5.74, 6) is 2.53. The molecule has 32 heavy (non-hydrogen) atoms. The second-order valence-corrected chi connectivity index (χ2v) is 9.24. The van der Waals surface area contributed by atoms with Gasteiger partial charge in [0.05, 0.1) is 11.9 Å². The van der Waals surface area contributed by atoms with Gasteiger partial charge in [0, 0.05) is 10.9 Å². The Labute approximate surface area is 190 Å². The number of nitrogens with one attached hydrogen (secondary N) is 2. The number of aromatic nitrogens is 2. The van der Waals surface area contributed by atoms with E-state index in [1.807, 2.05) is 48.5 Å². The van der Waals surface area contributed by atoms with E-state index in [2.05, 4.69) is 30.2 Å². The van der Waals surface area contributed by atoms with Crippen LogP contribution in [0.1, 0.15) is 31.3 Å². The van der Waals surface area contributed by atoms with Crippen LogP contribution in [0, 0.1) is 5.92 Å². The molecule has 3 heterocycles. The Morgan fingerprint density at radius 3 is 2.62 bits per heavy atom. The van der Waals surface area contributed by atoms with Crippen LogP contribution in [-0.4, -0.2) is 23.2 Å². The van der Waals surface area contributed by atoms with Crippen LogP contribution >= 0.6 is 11.3 Å². The predicted octanol–water partition coefficient (Wildman–Crippen LogP) is 4.91. The fourth-order valence-electron chi connectivity index (χ4n) is 4.00. The van der Waals surface area contributed by atoms with E-state index in [0.29, 0.717) is 36.9 Å². The molecule has 2 aromatic heterocycles. The highest BCUT2D eigenvalue weighted by molar-refractivity contribution is 7.21. The molecule has 4 aromatic rings. The van der Waals surface area contributed by atoms with Crippen LogP contribution in [0.25, 0.3) is 20.7 Å². The molecule has 1 atom stereocenters. The van der Waals surface area contributed by atoms with Gasteiger partial charge >= 0.3 is 0 Å². The van der Waals surface area contributed by atoms with Crippen molar-refractivity contribution < 1.29 is 9.47 Å². The van der Waals surface area contributed by atoms with Crippen molar-refractivity contribution in [1.29, 1.82) is 0 Å². The van der Waals surface area contributed by atoms with Crippen LogP contribution in [0.5, 0.6) is 11.5 Å². The van der Waals surface area contributed by atoms with Crippen LogP contribution in [0.4, 0.5) is 0 Å². The minimum absolute atomic E-state index is 0.0787. The first-order valence-corrected chi connectivity index (χ1v) is 11.6. The lowest BCUT2D eigenvalue weighted by molar-refractivity contribution is 0.171. The number of fused-ring (bicyclic) bond motifs is 2. The maximum atomic E-state index is 12.7. The third-order valence-corrected chi connectivity index (χ3v) is 6.67. The zero-order chi connectivity index (χ0) is 22.1. The van der Waals surface area contributed by atoms with Gasteiger partial charge in [-0.1, -0.05) is 50.2 Å². The summed E-state index contributed by atoms with van der Waals surface area (Å²) in [7, 11) is 0. The summed E-state index contributed by atoms with van der Waals surface area (Å²) in [5.41, 5.74) is 2.11. The molecule has 164 valence electrons. The molecule has 2 aromatic carbocycles. The molecule has 0 saturated carbocycles. The van der Waals surface area contributed by atoms with E-state index in [1.165, 1.54) is 0 Å². The fraction of sp³-hybridized carbons (Fsp3) is 0.280. The Bertz CT molecular complexity index is 1300. The van der Waals surface area contributed by atoms with Crippen molar-refractivity contribution in [1.82, 2.24) is 15.3 Å². The van der Waals surface area contributed by atoms with E-state index in [9.17, 15) is 4.79 Å². The Balaban J connectivity index is 1.39. The zero-order valence-electron chi connectivity index (χ0n) is 18.1. The quantitative estimate of drug-likeness (QED) is 0.439. The number of benzene rings is 2. The lowest BCUT2D eigenvalue weighted by Gasteiger charge is -2.25. The number of ether oxygens (including phenoxy) is 2. The van der Waals surface area contributed by atoms with E-state index in [-0.39, 0.29) is 11.6 Å². The largest absolute Gasteiger partial charge is 0.486 e. The molecule has 6 nitrogen and oxygen atoms in total. The van der Waals surface area contributed by atoms with Gasteiger partial charge in [-0.15, -0.1) is 11.3 Å². The van der Waals surface area contributed by atoms with Crippen molar-refractivity contribution in [3.05, 3.63) is 76.3 Å². The minimum atomic E-state index is -0.106. The summed E-state index contributed by atoms with van der Waals surface area (Å²) in [4.78, 5) is 22.2. The zero-order valence-corrected chi connectivity index (χ0v) is 18.9. The molecule has 1 unspecified atom stereocenters. The van der Waals surface area contributed by atoms with Crippen LogP contribution in [0.2, 0.25) is 0 Å². The lowest BCUT2D eigenvalue weighted by atomic mass is 9.95. The van der Waals surface area contributed by atoms with Crippen LogP contribution in [-0.2, 0) is 6.54 Å². The molecule has 0 fully saturated rings. The van der Waals surface area contributed by atoms with Crippen LogP contribution < -0.4 is 20.3 Å². The van der Waals surface area contributed by atoms with Gasteiger partial charge < -0.3 is 19.8 Å². The van der Waals surface area contributed by atoms with Gasteiger partial charge in [0.15, 0.2) is 11.5 Å². The first-order chi connectivity index (χ1) is 15.6. The first-order valence-electron chi connectivity index (χ1n) is 10.8. The number of thiophene rings is 1. The van der Waals surface area contributed by atoms with E-state index in [1.54, 1.807) is 11.3 Å². The van der Waals surface area contributed by atoms with Crippen LogP contribution in [0.15, 0.2) is 59.4 Å². The lowest BCUT2D eigenvalue weighted by Crippen LogP contribution is -2.27. The highest BCUT2D eigenvalue weighted by atomic mass is 32.1. The minimum Gasteiger partial charge on any atom is -0.486 e. The molecule has 0 saturated heterocycles. The molecule has 0 amide bonds. The number of hydrogen-bond acceptors (Lipinski definition) is 6. The molecular formula is C25H25N3O3S. The molecule has 1 aliphatic heterocycles. The van der Waals surface area contributed by atoms with Crippen molar-refractivity contribution in [2.75, 3.05) is 13.2 Å². The third-order valence-electron chi connectivity index (χ3n) is 5.59. The van der Waals surface area contributed by atoms with E-state index < -0.39 is 0 Å². The summed E-state index contributed by atoms with van der Waals surface area (Å²) in [5, 5.41) is 4.19. The van der Waals surface area contributed by atoms with Gasteiger partial charge in [-0.05, 0) is 35.2 Å². The van der Waals surface area contributed by atoms with Gasteiger partial charge in [0.1, 0.15) is 23.9 Å². The van der Waals surface area contributed by atoms with Gasteiger partial charge in [0.2, 0.25) is 0 Å². The van der Waals surface area contributed by atoms with Crippen molar-refractivity contribution in [2.24, 2.45) is 5.92 Å². The molecule has 0 bridgehead atoms. The number of rotatable bonds is 6. The predicted molar refractivity (Wildman–Crippen MR) is 128 cm³/mol. The third kappa shape index (κ3) is 4.13. The fourth-order valence-corrected chi connectivity index (χ4v) is 5.06. The average Bonchev–Trinajstić information content (AvgIpc) is 3.24. The van der Waals surface area contributed by atoms with E-state index >= 15 is 0 Å². The van der Waals surface area contributed by atoms with Crippen molar-refractivity contribution >= 4 is 21.6 Å². The number of nitrogens with zero attached hydrogens (tertiary/aromatic N) is 1. The highest BCUT2D eigenvalue weighted by Gasteiger charge is 2.20. The molecule has 1 aliphatic rings. The van der Waals surface area contributed by atoms with E-state index in [0.717, 1.165) is 32.3 Å². The van der Waals surface area contributed by atoms with Gasteiger partial charge in [-0.2, -0.15) is 0 Å². The topological polar surface area (TPSA) is 76.2 Å². The molecule has 0 aliphatic carbocycles. The maximum absolute atomic E-state index is 12.7. The Morgan fingerprint density at radius 2 is 1.84 bits per heavy atom. The molecule has 0 radical (unpaired) electrons. The molecular weight excluding hydrogens is 422 g/mol. The molecule has 5 rings (SSSR count). The highest BCUT2D eigenvalue weighted by Crippen LogP contribution is 2.35. The first kappa shape index (κ1) is 20.7. The SMILES string of the molecule is CC(C)C(NCc1nc2sc(-c3ccccc3)cc2c(=O)[nH]1)c1ccc2c(c1)OCCO2. The van der Waals surface area contributed by atoms with E-state index in [4.69, 9.17) is 14.5 Å². The number of H-pyrrole nitrogens is 1.